The summed E-state index contributed by atoms with van der Waals surface area (Å²) in [5.41, 5.74) is 3.20. The Bertz CT molecular complexity index is 2330. The Morgan fingerprint density at radius 1 is 0.857 bits per heavy atom. The number of hydrogen-bond acceptors (Lipinski definition) is 9. The van der Waals surface area contributed by atoms with Gasteiger partial charge in [0, 0.05) is 11.1 Å². The molecular formula is C39H27N3O5S2. The second-order valence-corrected chi connectivity index (χ2v) is 13.6. The SMILES string of the molecule is O=C(C1=C(O)C(=O)N(c2nnc(SCc3cccc4ccccc34)s2)C1c1ccc(OCc2ccccc2)cc1)c1cc2ccccc2o1. The number of anilines is 1. The van der Waals surface area contributed by atoms with Gasteiger partial charge in [0.1, 0.15) is 17.9 Å². The molecule has 2 aromatic heterocycles. The molecule has 8 nitrogen and oxygen atoms in total. The fourth-order valence-electron chi connectivity index (χ4n) is 5.98. The molecule has 1 atom stereocenters. The first-order chi connectivity index (χ1) is 24.0. The summed E-state index contributed by atoms with van der Waals surface area (Å²) in [5.74, 6) is -0.694. The number of para-hydroxylation sites is 1. The van der Waals surface area contributed by atoms with Crippen LogP contribution in [0.1, 0.15) is 33.3 Å². The summed E-state index contributed by atoms with van der Waals surface area (Å²) in [5, 5.41) is 23.4. The number of carbonyl (C=O) groups is 2. The highest BCUT2D eigenvalue weighted by molar-refractivity contribution is 8.00. The third kappa shape index (κ3) is 5.96. The standard InChI is InChI=1S/C39H27N3O5S2/c43-35(32-21-27-12-5-7-16-31(27)47-32)33-34(26-17-19-29(20-18-26)46-22-24-9-2-1-3-10-24)42(37(45)36(33)44)38-40-41-39(49-38)48-23-28-14-8-13-25-11-4-6-15-30(25)28/h1-21,34,44H,22-23H2. The molecule has 0 fully saturated rings. The zero-order valence-corrected chi connectivity index (χ0v) is 27.5. The van der Waals surface area contributed by atoms with Crippen LogP contribution in [-0.4, -0.2) is 27.0 Å². The molecule has 0 bridgehead atoms. The van der Waals surface area contributed by atoms with Gasteiger partial charge >= 0.3 is 0 Å². The summed E-state index contributed by atoms with van der Waals surface area (Å²) in [6.45, 7) is 0.384. The highest BCUT2D eigenvalue weighted by Gasteiger charge is 2.46. The van der Waals surface area contributed by atoms with Gasteiger partial charge in [0.15, 0.2) is 15.9 Å². The molecule has 0 aliphatic carbocycles. The lowest BCUT2D eigenvalue weighted by atomic mass is 9.95. The van der Waals surface area contributed by atoms with E-state index in [-0.39, 0.29) is 16.5 Å². The van der Waals surface area contributed by atoms with Gasteiger partial charge in [0.05, 0.1) is 11.6 Å². The number of hydrogen-bond donors (Lipinski definition) is 1. The van der Waals surface area contributed by atoms with Gasteiger partial charge in [-0.2, -0.15) is 0 Å². The predicted molar refractivity (Wildman–Crippen MR) is 191 cm³/mol. The lowest BCUT2D eigenvalue weighted by molar-refractivity contribution is -0.117. The summed E-state index contributed by atoms with van der Waals surface area (Å²) in [6, 6.07) is 39.2. The van der Waals surface area contributed by atoms with E-state index < -0.39 is 23.5 Å². The van der Waals surface area contributed by atoms with Gasteiger partial charge in [-0.3, -0.25) is 14.5 Å². The normalized spacial score (nSPS) is 14.7. The Kier molecular flexibility index (Phi) is 8.16. The van der Waals surface area contributed by atoms with Crippen LogP contribution in [0.5, 0.6) is 5.75 Å². The minimum absolute atomic E-state index is 0.0220. The number of thioether (sulfide) groups is 1. The molecule has 0 saturated heterocycles. The molecule has 10 heteroatoms. The second kappa shape index (κ2) is 13.1. The summed E-state index contributed by atoms with van der Waals surface area (Å²) in [4.78, 5) is 29.2. The fourth-order valence-corrected chi connectivity index (χ4v) is 7.85. The van der Waals surface area contributed by atoms with Crippen LogP contribution < -0.4 is 9.64 Å². The smallest absolute Gasteiger partial charge is 0.296 e. The maximum absolute atomic E-state index is 14.1. The van der Waals surface area contributed by atoms with E-state index in [1.165, 1.54) is 28.0 Å². The molecular weight excluding hydrogens is 655 g/mol. The number of rotatable bonds is 10. The van der Waals surface area contributed by atoms with Crippen LogP contribution in [0.15, 0.2) is 147 Å². The lowest BCUT2D eigenvalue weighted by Crippen LogP contribution is -2.31. The third-order valence-corrected chi connectivity index (χ3v) is 10.5. The van der Waals surface area contributed by atoms with E-state index in [0.717, 1.165) is 27.3 Å². The molecule has 8 rings (SSSR count). The molecule has 0 spiro atoms. The van der Waals surface area contributed by atoms with E-state index in [4.69, 9.17) is 9.15 Å². The van der Waals surface area contributed by atoms with Crippen molar-refractivity contribution in [3.8, 4) is 5.75 Å². The van der Waals surface area contributed by atoms with Gasteiger partial charge in [-0.25, -0.2) is 0 Å². The van der Waals surface area contributed by atoms with E-state index in [2.05, 4.69) is 34.5 Å². The molecule has 7 aromatic rings. The molecule has 1 unspecified atom stereocenters. The number of benzene rings is 5. The van der Waals surface area contributed by atoms with Crippen LogP contribution in [0.25, 0.3) is 21.7 Å². The number of carbonyl (C=O) groups excluding carboxylic acids is 2. The van der Waals surface area contributed by atoms with Crippen molar-refractivity contribution in [2.75, 3.05) is 4.90 Å². The van der Waals surface area contributed by atoms with Crippen molar-refractivity contribution in [3.63, 3.8) is 0 Å². The van der Waals surface area contributed by atoms with Crippen molar-refractivity contribution in [1.29, 1.82) is 0 Å². The fraction of sp³-hybridized carbons (Fsp3) is 0.0769. The average Bonchev–Trinajstić information content (AvgIpc) is 3.86. The molecule has 3 heterocycles. The molecule has 5 aromatic carbocycles. The van der Waals surface area contributed by atoms with Crippen molar-refractivity contribution in [1.82, 2.24) is 10.2 Å². The molecule has 1 aliphatic rings. The van der Waals surface area contributed by atoms with Crippen molar-refractivity contribution in [2.24, 2.45) is 0 Å². The van der Waals surface area contributed by atoms with E-state index in [0.29, 0.717) is 33.6 Å². The maximum atomic E-state index is 14.1. The molecule has 240 valence electrons. The highest BCUT2D eigenvalue weighted by Crippen LogP contribution is 2.44. The van der Waals surface area contributed by atoms with Crippen LogP contribution in [-0.2, 0) is 17.2 Å². The first-order valence-electron chi connectivity index (χ1n) is 15.5. The Hall–Kier alpha value is -5.71. The number of aromatic nitrogens is 2. The largest absolute Gasteiger partial charge is 0.503 e. The van der Waals surface area contributed by atoms with Gasteiger partial charge in [0.2, 0.25) is 10.9 Å². The number of ether oxygens (including phenoxy) is 1. The number of furan rings is 1. The Labute approximate surface area is 289 Å². The number of fused-ring (bicyclic) bond motifs is 2. The molecule has 0 saturated carbocycles. The number of aliphatic hydroxyl groups is 1. The van der Waals surface area contributed by atoms with E-state index >= 15 is 0 Å². The van der Waals surface area contributed by atoms with Crippen LogP contribution in [0.2, 0.25) is 0 Å². The van der Waals surface area contributed by atoms with Gasteiger partial charge < -0.3 is 14.3 Å². The van der Waals surface area contributed by atoms with Crippen LogP contribution in [0.3, 0.4) is 0 Å². The van der Waals surface area contributed by atoms with Crippen LogP contribution in [0, 0.1) is 0 Å². The molecule has 1 N–H and O–H groups in total. The lowest BCUT2D eigenvalue weighted by Gasteiger charge is -2.24. The first kappa shape index (κ1) is 30.6. The number of amides is 1. The van der Waals surface area contributed by atoms with Crippen molar-refractivity contribution < 1.29 is 23.8 Å². The van der Waals surface area contributed by atoms with Crippen molar-refractivity contribution in [3.05, 3.63) is 161 Å². The van der Waals surface area contributed by atoms with Crippen molar-refractivity contribution >= 4 is 61.7 Å². The number of nitrogens with zero attached hydrogens (tertiary/aromatic N) is 3. The third-order valence-electron chi connectivity index (χ3n) is 8.38. The monoisotopic (exact) mass is 681 g/mol. The zero-order chi connectivity index (χ0) is 33.3. The Balaban J connectivity index is 1.11. The van der Waals surface area contributed by atoms with E-state index in [9.17, 15) is 14.7 Å². The summed E-state index contributed by atoms with van der Waals surface area (Å²) in [6.07, 6.45) is 0. The Morgan fingerprint density at radius 2 is 1.59 bits per heavy atom. The quantitative estimate of drug-likeness (QED) is 0.0866. The molecule has 1 amide bonds. The van der Waals surface area contributed by atoms with Gasteiger partial charge in [-0.05, 0) is 51.7 Å². The second-order valence-electron chi connectivity index (χ2n) is 11.4. The zero-order valence-electron chi connectivity index (χ0n) is 25.9. The highest BCUT2D eigenvalue weighted by atomic mass is 32.2. The summed E-state index contributed by atoms with van der Waals surface area (Å²) < 4.78 is 12.5. The summed E-state index contributed by atoms with van der Waals surface area (Å²) >= 11 is 2.74. The van der Waals surface area contributed by atoms with Gasteiger partial charge in [0.25, 0.3) is 5.91 Å². The number of Topliss-reactive ketones (excluding diaryl/α,β-unsaturated/α-hetero) is 1. The van der Waals surface area contributed by atoms with E-state index in [1.54, 1.807) is 36.4 Å². The van der Waals surface area contributed by atoms with E-state index in [1.807, 2.05) is 66.7 Å². The maximum Gasteiger partial charge on any atom is 0.296 e. The number of aliphatic hydroxyl groups excluding tert-OH is 1. The van der Waals surface area contributed by atoms with Crippen molar-refractivity contribution in [2.45, 2.75) is 22.7 Å². The van der Waals surface area contributed by atoms with Crippen LogP contribution in [0.4, 0.5) is 5.13 Å². The number of ketones is 1. The topological polar surface area (TPSA) is 106 Å². The van der Waals surface area contributed by atoms with Gasteiger partial charge in [-0.15, -0.1) is 10.2 Å². The molecule has 49 heavy (non-hydrogen) atoms. The minimum Gasteiger partial charge on any atom is -0.503 e. The van der Waals surface area contributed by atoms with Gasteiger partial charge in [-0.1, -0.05) is 126 Å². The Morgan fingerprint density at radius 3 is 2.41 bits per heavy atom. The summed E-state index contributed by atoms with van der Waals surface area (Å²) in [7, 11) is 0. The predicted octanol–water partition coefficient (Wildman–Crippen LogP) is 9.09. The first-order valence-corrected chi connectivity index (χ1v) is 17.3. The average molecular weight is 682 g/mol. The van der Waals surface area contributed by atoms with Crippen LogP contribution >= 0.6 is 23.1 Å². The molecule has 1 aliphatic heterocycles. The minimum atomic E-state index is -0.986. The molecule has 0 radical (unpaired) electrons.